The molecule has 1 aromatic carbocycles. The van der Waals surface area contributed by atoms with Crippen LogP contribution in [0, 0.1) is 6.92 Å². The molecular formula is C19H20N6O2S. The Hall–Kier alpha value is -2.94. The van der Waals surface area contributed by atoms with Gasteiger partial charge in [-0.3, -0.25) is 0 Å². The van der Waals surface area contributed by atoms with Crippen LogP contribution in [0.2, 0.25) is 0 Å². The number of amidine groups is 1. The zero-order chi connectivity index (χ0) is 19.3. The van der Waals surface area contributed by atoms with E-state index in [9.17, 15) is 8.42 Å². The summed E-state index contributed by atoms with van der Waals surface area (Å²) in [7, 11) is -3.60. The molecule has 2 aliphatic rings. The molecule has 0 amide bonds. The predicted molar refractivity (Wildman–Crippen MR) is 106 cm³/mol. The second kappa shape index (κ2) is 6.30. The molecule has 5 rings (SSSR count). The van der Waals surface area contributed by atoms with Gasteiger partial charge in [-0.05, 0) is 31.5 Å². The van der Waals surface area contributed by atoms with E-state index in [1.54, 1.807) is 18.3 Å². The quantitative estimate of drug-likeness (QED) is 0.623. The van der Waals surface area contributed by atoms with Gasteiger partial charge in [-0.2, -0.15) is 13.5 Å². The van der Waals surface area contributed by atoms with E-state index in [-0.39, 0.29) is 0 Å². The summed E-state index contributed by atoms with van der Waals surface area (Å²) in [6.07, 6.45) is 4.50. The first-order valence-electron chi connectivity index (χ1n) is 9.28. The van der Waals surface area contributed by atoms with E-state index in [4.69, 9.17) is 0 Å². The lowest BCUT2D eigenvalue weighted by atomic mass is 10.2. The maximum atomic E-state index is 12.4. The van der Waals surface area contributed by atoms with Gasteiger partial charge in [-0.1, -0.05) is 12.1 Å². The third kappa shape index (κ3) is 2.73. The number of hydrogen-bond donors (Lipinski definition) is 0. The number of aromatic nitrogens is 3. The van der Waals surface area contributed by atoms with Gasteiger partial charge >= 0.3 is 0 Å². The molecule has 2 aromatic heterocycles. The van der Waals surface area contributed by atoms with Crippen molar-refractivity contribution in [1.82, 2.24) is 19.5 Å². The molecule has 9 heteroatoms. The number of fused-ring (bicyclic) bond motifs is 2. The molecule has 0 saturated carbocycles. The largest absolute Gasteiger partial charge is 0.354 e. The molecule has 28 heavy (non-hydrogen) atoms. The maximum Gasteiger partial charge on any atom is 0.285 e. The summed E-state index contributed by atoms with van der Waals surface area (Å²) in [5, 5.41) is 4.46. The highest BCUT2D eigenvalue weighted by atomic mass is 32.2. The molecule has 144 valence electrons. The van der Waals surface area contributed by atoms with Gasteiger partial charge in [-0.25, -0.2) is 9.50 Å². The molecule has 0 unspecified atom stereocenters. The zero-order valence-corrected chi connectivity index (χ0v) is 16.3. The van der Waals surface area contributed by atoms with Crippen molar-refractivity contribution in [2.45, 2.75) is 18.2 Å². The standard InChI is InChI=1S/C19H20N6O2S/c1-14-13-16-19(20-7-10-25(16)21-14)24-9-4-8-23(11-12-24)18-15-5-2-3-6-17(15)28(26,27)22-18/h2-3,5-7,10,13H,4,8-9,11-12H2,1H3. The molecule has 1 saturated heterocycles. The van der Waals surface area contributed by atoms with Crippen molar-refractivity contribution >= 4 is 27.2 Å². The Morgan fingerprint density at radius 2 is 1.82 bits per heavy atom. The Bertz CT molecular complexity index is 1200. The fraction of sp³-hybridized carbons (Fsp3) is 0.316. The SMILES string of the molecule is Cc1cc2c(N3CCCN(C4=NS(=O)(=O)c5ccccc54)CC3)nccn2n1. The van der Waals surface area contributed by atoms with E-state index in [1.807, 2.05) is 35.8 Å². The Labute approximate surface area is 163 Å². The Balaban J connectivity index is 1.44. The van der Waals surface area contributed by atoms with Crippen LogP contribution in [0.4, 0.5) is 5.82 Å². The number of anilines is 1. The molecule has 0 spiro atoms. The molecule has 2 aliphatic heterocycles. The van der Waals surface area contributed by atoms with Crippen LogP contribution in [0.3, 0.4) is 0 Å². The number of rotatable bonds is 1. The van der Waals surface area contributed by atoms with Crippen LogP contribution in [0.25, 0.3) is 5.52 Å². The first kappa shape index (κ1) is 17.2. The number of hydrogen-bond acceptors (Lipinski definition) is 6. The summed E-state index contributed by atoms with van der Waals surface area (Å²) < 4.78 is 30.7. The van der Waals surface area contributed by atoms with Gasteiger partial charge in [0.25, 0.3) is 10.0 Å². The van der Waals surface area contributed by atoms with Gasteiger partial charge in [0, 0.05) is 44.1 Å². The Kier molecular flexibility index (Phi) is 3.87. The third-order valence-electron chi connectivity index (χ3n) is 5.20. The van der Waals surface area contributed by atoms with E-state index in [1.165, 1.54) is 0 Å². The minimum atomic E-state index is -3.60. The van der Waals surface area contributed by atoms with Crippen LogP contribution < -0.4 is 4.90 Å². The molecule has 8 nitrogen and oxygen atoms in total. The first-order valence-corrected chi connectivity index (χ1v) is 10.7. The van der Waals surface area contributed by atoms with Crippen molar-refractivity contribution in [2.75, 3.05) is 31.1 Å². The van der Waals surface area contributed by atoms with Crippen molar-refractivity contribution in [3.63, 3.8) is 0 Å². The number of benzene rings is 1. The van der Waals surface area contributed by atoms with Crippen LogP contribution in [-0.4, -0.2) is 59.9 Å². The molecule has 0 aliphatic carbocycles. The second-order valence-electron chi connectivity index (χ2n) is 7.08. The van der Waals surface area contributed by atoms with Crippen LogP contribution in [0.5, 0.6) is 0 Å². The van der Waals surface area contributed by atoms with Gasteiger partial charge in [0.15, 0.2) is 11.7 Å². The van der Waals surface area contributed by atoms with Crippen molar-refractivity contribution in [3.8, 4) is 0 Å². The summed E-state index contributed by atoms with van der Waals surface area (Å²) in [6.45, 7) is 4.98. The Morgan fingerprint density at radius 3 is 2.71 bits per heavy atom. The minimum absolute atomic E-state index is 0.298. The highest BCUT2D eigenvalue weighted by molar-refractivity contribution is 7.90. The van der Waals surface area contributed by atoms with Gasteiger partial charge in [0.05, 0.1) is 5.69 Å². The van der Waals surface area contributed by atoms with Crippen molar-refractivity contribution < 1.29 is 8.42 Å². The second-order valence-corrected chi connectivity index (χ2v) is 8.65. The number of aryl methyl sites for hydroxylation is 1. The number of sulfonamides is 1. The lowest BCUT2D eigenvalue weighted by molar-refractivity contribution is 0.449. The smallest absolute Gasteiger partial charge is 0.285 e. The van der Waals surface area contributed by atoms with E-state index in [2.05, 4.69) is 24.3 Å². The molecule has 0 radical (unpaired) electrons. The molecule has 0 atom stereocenters. The zero-order valence-electron chi connectivity index (χ0n) is 15.5. The monoisotopic (exact) mass is 396 g/mol. The predicted octanol–water partition coefficient (Wildman–Crippen LogP) is 1.70. The molecule has 1 fully saturated rings. The van der Waals surface area contributed by atoms with Crippen LogP contribution >= 0.6 is 0 Å². The van der Waals surface area contributed by atoms with Crippen molar-refractivity contribution in [3.05, 3.63) is 54.0 Å². The van der Waals surface area contributed by atoms with Gasteiger partial charge in [-0.15, -0.1) is 4.40 Å². The molecule has 3 aromatic rings. The van der Waals surface area contributed by atoms with Gasteiger partial charge in [0.1, 0.15) is 10.4 Å². The molecular weight excluding hydrogens is 376 g/mol. The van der Waals surface area contributed by atoms with Gasteiger partial charge < -0.3 is 9.80 Å². The summed E-state index contributed by atoms with van der Waals surface area (Å²) >= 11 is 0. The lowest BCUT2D eigenvalue weighted by Gasteiger charge is -2.24. The summed E-state index contributed by atoms with van der Waals surface area (Å²) in [5.74, 6) is 1.47. The van der Waals surface area contributed by atoms with Crippen LogP contribution in [0.1, 0.15) is 17.7 Å². The third-order valence-corrected chi connectivity index (χ3v) is 6.52. The summed E-state index contributed by atoms with van der Waals surface area (Å²) in [4.78, 5) is 9.20. The van der Waals surface area contributed by atoms with Crippen LogP contribution in [0.15, 0.2) is 52.0 Å². The van der Waals surface area contributed by atoms with E-state index in [0.717, 1.165) is 43.1 Å². The van der Waals surface area contributed by atoms with E-state index < -0.39 is 10.0 Å². The summed E-state index contributed by atoms with van der Waals surface area (Å²) in [5.41, 5.74) is 2.63. The van der Waals surface area contributed by atoms with E-state index in [0.29, 0.717) is 22.8 Å². The average molecular weight is 396 g/mol. The minimum Gasteiger partial charge on any atom is -0.354 e. The average Bonchev–Trinajstić information content (AvgIpc) is 3.07. The maximum absolute atomic E-state index is 12.4. The lowest BCUT2D eigenvalue weighted by Crippen LogP contribution is -2.35. The highest BCUT2D eigenvalue weighted by Crippen LogP contribution is 2.28. The fourth-order valence-corrected chi connectivity index (χ4v) is 5.16. The van der Waals surface area contributed by atoms with Crippen molar-refractivity contribution in [2.24, 2.45) is 4.40 Å². The topological polar surface area (TPSA) is 83.2 Å². The summed E-state index contributed by atoms with van der Waals surface area (Å²) in [6, 6.07) is 9.08. The highest BCUT2D eigenvalue weighted by Gasteiger charge is 2.32. The molecule has 0 bridgehead atoms. The Morgan fingerprint density at radius 1 is 1.04 bits per heavy atom. The molecule has 4 heterocycles. The normalized spacial score (nSPS) is 18.8. The van der Waals surface area contributed by atoms with E-state index >= 15 is 0 Å². The first-order chi connectivity index (χ1) is 13.5. The number of nitrogens with zero attached hydrogens (tertiary/aromatic N) is 6. The van der Waals surface area contributed by atoms with Gasteiger partial charge in [0.2, 0.25) is 0 Å². The molecule has 0 N–H and O–H groups in total. The van der Waals surface area contributed by atoms with Crippen molar-refractivity contribution in [1.29, 1.82) is 0 Å². The van der Waals surface area contributed by atoms with Crippen LogP contribution in [-0.2, 0) is 10.0 Å². The fourth-order valence-electron chi connectivity index (χ4n) is 3.93.